The van der Waals surface area contributed by atoms with Crippen LogP contribution in [0.1, 0.15) is 39.5 Å². The summed E-state index contributed by atoms with van der Waals surface area (Å²) < 4.78 is 5.75. The first-order valence-electron chi connectivity index (χ1n) is 9.38. The number of carbonyl (C=O) groups excluding carboxylic acids is 1. The average Bonchev–Trinajstić information content (AvgIpc) is 2.65. The van der Waals surface area contributed by atoms with E-state index in [0.717, 1.165) is 64.5 Å². The summed E-state index contributed by atoms with van der Waals surface area (Å²) >= 11 is 1.93. The molecular formula is C18H35IN4O2S. The van der Waals surface area contributed by atoms with Gasteiger partial charge in [0, 0.05) is 56.6 Å². The van der Waals surface area contributed by atoms with E-state index in [2.05, 4.69) is 21.9 Å². The van der Waals surface area contributed by atoms with Crippen LogP contribution < -0.4 is 10.6 Å². The Hall–Kier alpha value is -0.220. The van der Waals surface area contributed by atoms with Crippen LogP contribution in [0.3, 0.4) is 0 Å². The molecule has 2 saturated heterocycles. The van der Waals surface area contributed by atoms with Gasteiger partial charge < -0.3 is 20.3 Å². The SMILES string of the molecule is CN=C(NCC1(SC)CCOCC1)NC1CCN(C(=O)C(C)C)CC1.I. The van der Waals surface area contributed by atoms with Crippen molar-refractivity contribution < 1.29 is 9.53 Å². The number of rotatable bonds is 5. The zero-order valence-corrected chi connectivity index (χ0v) is 19.7. The zero-order chi connectivity index (χ0) is 18.3. The van der Waals surface area contributed by atoms with E-state index in [9.17, 15) is 4.79 Å². The van der Waals surface area contributed by atoms with Gasteiger partial charge in [0.15, 0.2) is 5.96 Å². The van der Waals surface area contributed by atoms with E-state index in [1.54, 1.807) is 0 Å². The molecule has 26 heavy (non-hydrogen) atoms. The molecule has 2 rings (SSSR count). The molecule has 0 bridgehead atoms. The number of halogens is 1. The number of aliphatic imine (C=N–C) groups is 1. The highest BCUT2D eigenvalue weighted by molar-refractivity contribution is 14.0. The van der Waals surface area contributed by atoms with Crippen LogP contribution >= 0.6 is 35.7 Å². The van der Waals surface area contributed by atoms with Crippen LogP contribution in [-0.2, 0) is 9.53 Å². The molecule has 1 amide bonds. The second kappa shape index (κ2) is 11.6. The number of likely N-dealkylation sites (tertiary alicyclic amines) is 1. The van der Waals surface area contributed by atoms with Gasteiger partial charge in [-0.3, -0.25) is 9.79 Å². The van der Waals surface area contributed by atoms with Gasteiger partial charge in [-0.1, -0.05) is 13.8 Å². The Morgan fingerprint density at radius 1 is 1.31 bits per heavy atom. The van der Waals surface area contributed by atoms with Crippen LogP contribution in [0.25, 0.3) is 0 Å². The van der Waals surface area contributed by atoms with Gasteiger partial charge in [-0.25, -0.2) is 0 Å². The van der Waals surface area contributed by atoms with E-state index in [1.165, 1.54) is 0 Å². The Kier molecular flexibility index (Phi) is 10.6. The van der Waals surface area contributed by atoms with Crippen molar-refractivity contribution in [2.75, 3.05) is 46.2 Å². The number of hydrogen-bond donors (Lipinski definition) is 2. The molecule has 0 saturated carbocycles. The first-order chi connectivity index (χ1) is 12.0. The standard InChI is InChI=1S/C18H34N4O2S.HI/c1-14(2)16(23)22-9-5-15(6-10-22)21-17(19-3)20-13-18(25-4)7-11-24-12-8-18;/h14-15H,5-13H2,1-4H3,(H2,19,20,21);1H. The molecule has 2 aliphatic heterocycles. The normalized spacial score (nSPS) is 21.3. The number of thioether (sulfide) groups is 1. The minimum Gasteiger partial charge on any atom is -0.381 e. The highest BCUT2D eigenvalue weighted by Crippen LogP contribution is 2.32. The molecule has 0 radical (unpaired) electrons. The summed E-state index contributed by atoms with van der Waals surface area (Å²) in [6.07, 6.45) is 6.29. The maximum Gasteiger partial charge on any atom is 0.225 e. The molecule has 0 aliphatic carbocycles. The predicted octanol–water partition coefficient (Wildman–Crippen LogP) is 2.33. The number of nitrogens with one attached hydrogen (secondary N) is 2. The van der Waals surface area contributed by atoms with Gasteiger partial charge in [0.25, 0.3) is 0 Å². The molecule has 2 fully saturated rings. The minimum atomic E-state index is 0. The number of ether oxygens (including phenoxy) is 1. The molecule has 0 spiro atoms. The van der Waals surface area contributed by atoms with Crippen molar-refractivity contribution in [3.05, 3.63) is 0 Å². The highest BCUT2D eigenvalue weighted by Gasteiger charge is 2.32. The van der Waals surface area contributed by atoms with Crippen LogP contribution in [-0.4, -0.2) is 73.7 Å². The summed E-state index contributed by atoms with van der Waals surface area (Å²) in [5, 5.41) is 7.05. The fraction of sp³-hybridized carbons (Fsp3) is 0.889. The maximum absolute atomic E-state index is 12.1. The van der Waals surface area contributed by atoms with Crippen molar-refractivity contribution in [1.82, 2.24) is 15.5 Å². The van der Waals surface area contributed by atoms with Crippen molar-refractivity contribution in [3.63, 3.8) is 0 Å². The molecule has 0 aromatic rings. The third-order valence-corrected chi connectivity index (χ3v) is 6.70. The number of hydrogen-bond acceptors (Lipinski definition) is 4. The second-order valence-electron chi connectivity index (χ2n) is 7.32. The molecular weight excluding hydrogens is 463 g/mol. The smallest absolute Gasteiger partial charge is 0.225 e. The Morgan fingerprint density at radius 3 is 2.42 bits per heavy atom. The molecule has 6 nitrogen and oxygen atoms in total. The number of guanidine groups is 1. The van der Waals surface area contributed by atoms with E-state index in [4.69, 9.17) is 4.74 Å². The first kappa shape index (κ1) is 23.8. The molecule has 2 heterocycles. The van der Waals surface area contributed by atoms with Crippen LogP contribution in [0.4, 0.5) is 0 Å². The molecule has 2 N–H and O–H groups in total. The highest BCUT2D eigenvalue weighted by atomic mass is 127. The van der Waals surface area contributed by atoms with Gasteiger partial charge in [0.05, 0.1) is 0 Å². The van der Waals surface area contributed by atoms with Gasteiger partial charge in [-0.2, -0.15) is 11.8 Å². The lowest BCUT2D eigenvalue weighted by molar-refractivity contribution is -0.135. The zero-order valence-electron chi connectivity index (χ0n) is 16.5. The van der Waals surface area contributed by atoms with E-state index in [0.29, 0.717) is 6.04 Å². The number of piperidine rings is 1. The predicted molar refractivity (Wildman–Crippen MR) is 121 cm³/mol. The van der Waals surface area contributed by atoms with Crippen LogP contribution in [0.15, 0.2) is 4.99 Å². The van der Waals surface area contributed by atoms with Crippen molar-refractivity contribution >= 4 is 47.6 Å². The lowest BCUT2D eigenvalue weighted by atomic mass is 9.99. The van der Waals surface area contributed by atoms with Gasteiger partial charge in [0.1, 0.15) is 0 Å². The summed E-state index contributed by atoms with van der Waals surface area (Å²) in [5.41, 5.74) is 0. The lowest BCUT2D eigenvalue weighted by Crippen LogP contribution is -2.53. The van der Waals surface area contributed by atoms with E-state index < -0.39 is 0 Å². The summed E-state index contributed by atoms with van der Waals surface area (Å²) in [6, 6.07) is 0.377. The summed E-state index contributed by atoms with van der Waals surface area (Å²) in [7, 11) is 1.82. The van der Waals surface area contributed by atoms with Crippen LogP contribution in [0.2, 0.25) is 0 Å². The van der Waals surface area contributed by atoms with Crippen LogP contribution in [0, 0.1) is 5.92 Å². The second-order valence-corrected chi connectivity index (χ2v) is 8.60. The molecule has 0 aromatic heterocycles. The molecule has 2 aliphatic rings. The van der Waals surface area contributed by atoms with Gasteiger partial charge in [-0.05, 0) is 31.9 Å². The topological polar surface area (TPSA) is 66.0 Å². The Morgan fingerprint density at radius 2 is 1.92 bits per heavy atom. The minimum absolute atomic E-state index is 0. The number of carbonyl (C=O) groups is 1. The molecule has 8 heteroatoms. The molecule has 0 atom stereocenters. The Labute approximate surface area is 179 Å². The fourth-order valence-electron chi connectivity index (χ4n) is 3.44. The monoisotopic (exact) mass is 498 g/mol. The maximum atomic E-state index is 12.1. The van der Waals surface area contributed by atoms with Gasteiger partial charge >= 0.3 is 0 Å². The number of nitrogens with zero attached hydrogens (tertiary/aromatic N) is 2. The average molecular weight is 498 g/mol. The Bertz CT molecular complexity index is 462. The van der Waals surface area contributed by atoms with Crippen molar-refractivity contribution in [1.29, 1.82) is 0 Å². The summed E-state index contributed by atoms with van der Waals surface area (Å²) in [4.78, 5) is 18.5. The lowest BCUT2D eigenvalue weighted by Gasteiger charge is -2.37. The largest absolute Gasteiger partial charge is 0.381 e. The van der Waals surface area contributed by atoms with Crippen molar-refractivity contribution in [2.24, 2.45) is 10.9 Å². The van der Waals surface area contributed by atoms with E-state index in [1.807, 2.05) is 37.6 Å². The van der Waals surface area contributed by atoms with Gasteiger partial charge in [-0.15, -0.1) is 24.0 Å². The molecule has 152 valence electrons. The van der Waals surface area contributed by atoms with Gasteiger partial charge in [0.2, 0.25) is 5.91 Å². The first-order valence-corrected chi connectivity index (χ1v) is 10.6. The van der Waals surface area contributed by atoms with Crippen LogP contribution in [0.5, 0.6) is 0 Å². The quantitative estimate of drug-likeness (QED) is 0.346. The van der Waals surface area contributed by atoms with E-state index >= 15 is 0 Å². The molecule has 0 unspecified atom stereocenters. The number of amides is 1. The third-order valence-electron chi connectivity index (χ3n) is 5.28. The fourth-order valence-corrected chi connectivity index (χ4v) is 4.23. The molecule has 0 aromatic carbocycles. The summed E-state index contributed by atoms with van der Waals surface area (Å²) in [6.45, 7) is 8.19. The van der Waals surface area contributed by atoms with Crippen molar-refractivity contribution in [3.8, 4) is 0 Å². The summed E-state index contributed by atoms with van der Waals surface area (Å²) in [5.74, 6) is 1.22. The third kappa shape index (κ3) is 6.74. The van der Waals surface area contributed by atoms with Crippen molar-refractivity contribution in [2.45, 2.75) is 50.3 Å². The van der Waals surface area contributed by atoms with E-state index in [-0.39, 0.29) is 40.5 Å². The Balaban J connectivity index is 0.00000338.